The molecule has 0 bridgehead atoms. The zero-order valence-corrected chi connectivity index (χ0v) is 10.8. The minimum Gasteiger partial charge on any atom is -0.306 e. The van der Waals surface area contributed by atoms with Crippen LogP contribution in [0.25, 0.3) is 22.3 Å². The Kier molecular flexibility index (Phi) is 2.42. The van der Waals surface area contributed by atoms with Crippen LogP contribution >= 0.6 is 0 Å². The van der Waals surface area contributed by atoms with Crippen molar-refractivity contribution in [3.05, 3.63) is 58.6 Å². The highest BCUT2D eigenvalue weighted by atomic mass is 16.1. The molecule has 0 atom stereocenters. The molecule has 0 aliphatic heterocycles. The zero-order valence-electron chi connectivity index (χ0n) is 10.8. The van der Waals surface area contributed by atoms with Crippen molar-refractivity contribution in [2.45, 2.75) is 18.8 Å². The van der Waals surface area contributed by atoms with Gasteiger partial charge in [-0.3, -0.25) is 9.78 Å². The lowest BCUT2D eigenvalue weighted by Crippen LogP contribution is -2.10. The highest BCUT2D eigenvalue weighted by molar-refractivity contribution is 5.91. The van der Waals surface area contributed by atoms with E-state index in [1.807, 2.05) is 30.3 Å². The van der Waals surface area contributed by atoms with E-state index in [1.165, 1.54) is 0 Å². The summed E-state index contributed by atoms with van der Waals surface area (Å²) in [4.78, 5) is 23.7. The summed E-state index contributed by atoms with van der Waals surface area (Å²) >= 11 is 0. The number of rotatable bonds is 2. The second-order valence-corrected chi connectivity index (χ2v) is 5.17. The van der Waals surface area contributed by atoms with Crippen LogP contribution in [0.4, 0.5) is 0 Å². The fraction of sp³-hybridized carbons (Fsp3) is 0.188. The zero-order chi connectivity index (χ0) is 13.5. The van der Waals surface area contributed by atoms with Crippen molar-refractivity contribution in [3.63, 3.8) is 0 Å². The molecular formula is C16H13N3O. The van der Waals surface area contributed by atoms with E-state index in [-0.39, 0.29) is 5.56 Å². The van der Waals surface area contributed by atoms with Crippen molar-refractivity contribution in [2.75, 3.05) is 0 Å². The molecule has 0 spiro atoms. The Morgan fingerprint density at radius 1 is 1.15 bits per heavy atom. The topological polar surface area (TPSA) is 58.6 Å². The number of hydrogen-bond acceptors (Lipinski definition) is 3. The van der Waals surface area contributed by atoms with E-state index in [0.29, 0.717) is 11.7 Å². The quantitative estimate of drug-likeness (QED) is 0.773. The Hall–Kier alpha value is -2.49. The minimum atomic E-state index is -0.0927. The van der Waals surface area contributed by atoms with Gasteiger partial charge >= 0.3 is 0 Å². The minimum absolute atomic E-state index is 0.0927. The van der Waals surface area contributed by atoms with Crippen molar-refractivity contribution >= 4 is 10.9 Å². The molecule has 1 aliphatic rings. The lowest BCUT2D eigenvalue weighted by atomic mass is 10.1. The molecule has 0 amide bonds. The van der Waals surface area contributed by atoms with Crippen molar-refractivity contribution in [2.24, 2.45) is 0 Å². The van der Waals surface area contributed by atoms with E-state index in [1.54, 1.807) is 12.3 Å². The highest BCUT2D eigenvalue weighted by Gasteiger charge is 2.26. The number of fused-ring (bicyclic) bond motifs is 1. The number of nitrogens with zero attached hydrogens (tertiary/aromatic N) is 2. The highest BCUT2D eigenvalue weighted by Crippen LogP contribution is 2.39. The average molecular weight is 263 g/mol. The Morgan fingerprint density at radius 2 is 2.00 bits per heavy atom. The third-order valence-electron chi connectivity index (χ3n) is 3.64. The first kappa shape index (κ1) is 11.3. The summed E-state index contributed by atoms with van der Waals surface area (Å²) in [5.74, 6) is 1.07. The van der Waals surface area contributed by atoms with Crippen LogP contribution in [0.1, 0.15) is 24.5 Å². The van der Waals surface area contributed by atoms with Crippen molar-refractivity contribution in [3.8, 4) is 11.4 Å². The van der Waals surface area contributed by atoms with Gasteiger partial charge in [-0.05, 0) is 25.0 Å². The first-order valence-corrected chi connectivity index (χ1v) is 6.77. The van der Waals surface area contributed by atoms with Crippen molar-refractivity contribution in [1.82, 2.24) is 15.0 Å². The molecule has 0 radical (unpaired) electrons. The van der Waals surface area contributed by atoms with Crippen LogP contribution in [0, 0.1) is 0 Å². The average Bonchev–Trinajstić information content (AvgIpc) is 3.30. The van der Waals surface area contributed by atoms with E-state index in [2.05, 4.69) is 15.0 Å². The molecule has 4 nitrogen and oxygen atoms in total. The van der Waals surface area contributed by atoms with Gasteiger partial charge in [-0.1, -0.05) is 18.2 Å². The van der Waals surface area contributed by atoms with E-state index in [4.69, 9.17) is 0 Å². The molecule has 1 aliphatic carbocycles. The van der Waals surface area contributed by atoms with Gasteiger partial charge < -0.3 is 4.98 Å². The summed E-state index contributed by atoms with van der Waals surface area (Å²) in [5.41, 5.74) is 2.55. The third kappa shape index (κ3) is 1.90. The van der Waals surface area contributed by atoms with Gasteiger partial charge in [0.2, 0.25) is 0 Å². The van der Waals surface area contributed by atoms with Gasteiger partial charge in [0.1, 0.15) is 5.82 Å². The van der Waals surface area contributed by atoms with Crippen LogP contribution in [0.15, 0.2) is 47.4 Å². The van der Waals surface area contributed by atoms with Gasteiger partial charge in [0.25, 0.3) is 5.56 Å². The van der Waals surface area contributed by atoms with Crippen molar-refractivity contribution < 1.29 is 0 Å². The molecule has 98 valence electrons. The predicted octanol–water partition coefficient (Wildman–Crippen LogP) is 2.86. The van der Waals surface area contributed by atoms with Crippen LogP contribution in [0.3, 0.4) is 0 Å². The van der Waals surface area contributed by atoms with Gasteiger partial charge in [0.05, 0.1) is 11.2 Å². The van der Waals surface area contributed by atoms with E-state index >= 15 is 0 Å². The Morgan fingerprint density at radius 3 is 2.85 bits per heavy atom. The van der Waals surface area contributed by atoms with E-state index in [9.17, 15) is 4.79 Å². The largest absolute Gasteiger partial charge is 0.306 e. The fourth-order valence-corrected chi connectivity index (χ4v) is 2.49. The Balaban J connectivity index is 1.97. The molecule has 1 fully saturated rings. The number of benzene rings is 1. The summed E-state index contributed by atoms with van der Waals surface area (Å²) in [6.07, 6.45) is 4.02. The molecule has 1 N–H and O–H groups in total. The molecule has 4 heteroatoms. The lowest BCUT2D eigenvalue weighted by Gasteiger charge is -2.06. The van der Waals surface area contributed by atoms with Crippen LogP contribution in [0.2, 0.25) is 0 Å². The summed E-state index contributed by atoms with van der Waals surface area (Å²) in [6, 6.07) is 11.4. The molecule has 3 aromatic rings. The molecule has 2 aromatic heterocycles. The van der Waals surface area contributed by atoms with Gasteiger partial charge in [-0.25, -0.2) is 4.98 Å². The Bertz CT molecular complexity index is 844. The van der Waals surface area contributed by atoms with Gasteiger partial charge in [-0.2, -0.15) is 0 Å². The summed E-state index contributed by atoms with van der Waals surface area (Å²) in [7, 11) is 0. The number of nitrogens with one attached hydrogen (secondary N) is 1. The Labute approximate surface area is 115 Å². The molecule has 0 unspecified atom stereocenters. The van der Waals surface area contributed by atoms with E-state index < -0.39 is 0 Å². The molecule has 1 aromatic carbocycles. The SMILES string of the molecule is O=c1cc(C2CC2)nc(-c2cccc3cccnc23)[nH]1. The standard InChI is InChI=1S/C16H13N3O/c20-14-9-13(10-6-7-10)18-16(19-14)12-5-1-3-11-4-2-8-17-15(11)12/h1-5,8-10H,6-7H2,(H,18,19,20). The third-order valence-corrected chi connectivity index (χ3v) is 3.64. The maximum Gasteiger partial charge on any atom is 0.251 e. The second-order valence-electron chi connectivity index (χ2n) is 5.17. The first-order chi connectivity index (χ1) is 9.81. The molecule has 1 saturated carbocycles. The molecule has 20 heavy (non-hydrogen) atoms. The van der Waals surface area contributed by atoms with Gasteiger partial charge in [0, 0.05) is 29.1 Å². The predicted molar refractivity (Wildman–Crippen MR) is 77.6 cm³/mol. The maximum absolute atomic E-state index is 11.8. The fourth-order valence-electron chi connectivity index (χ4n) is 2.49. The molecule has 0 saturated heterocycles. The van der Waals surface area contributed by atoms with Crippen LogP contribution in [-0.4, -0.2) is 15.0 Å². The summed E-state index contributed by atoms with van der Waals surface area (Å²) in [5, 5.41) is 1.05. The van der Waals surface area contributed by atoms with Crippen LogP contribution in [-0.2, 0) is 0 Å². The van der Waals surface area contributed by atoms with Crippen molar-refractivity contribution in [1.29, 1.82) is 0 Å². The summed E-state index contributed by atoms with van der Waals surface area (Å²) in [6.45, 7) is 0. The van der Waals surface area contributed by atoms with Crippen LogP contribution in [0.5, 0.6) is 0 Å². The molecular weight excluding hydrogens is 250 g/mol. The van der Waals surface area contributed by atoms with Gasteiger partial charge in [0.15, 0.2) is 0 Å². The second kappa shape index (κ2) is 4.27. The van der Waals surface area contributed by atoms with Gasteiger partial charge in [-0.15, -0.1) is 0 Å². The number of pyridine rings is 1. The number of para-hydroxylation sites is 1. The maximum atomic E-state index is 11.8. The number of aromatic nitrogens is 3. The van der Waals surface area contributed by atoms with Crippen LogP contribution < -0.4 is 5.56 Å². The first-order valence-electron chi connectivity index (χ1n) is 6.77. The normalized spacial score (nSPS) is 14.6. The monoisotopic (exact) mass is 263 g/mol. The molecule has 2 heterocycles. The molecule has 4 rings (SSSR count). The number of H-pyrrole nitrogens is 1. The smallest absolute Gasteiger partial charge is 0.251 e. The number of aromatic amines is 1. The summed E-state index contributed by atoms with van der Waals surface area (Å²) < 4.78 is 0. The number of hydrogen-bond donors (Lipinski definition) is 1. The van der Waals surface area contributed by atoms with E-state index in [0.717, 1.165) is 35.0 Å². The lowest BCUT2D eigenvalue weighted by molar-refractivity contribution is 0.977.